The molecule has 0 saturated heterocycles. The second-order valence-corrected chi connectivity index (χ2v) is 8.02. The molecule has 1 aliphatic rings. The quantitative estimate of drug-likeness (QED) is 0.559. The van der Waals surface area contributed by atoms with Crippen molar-refractivity contribution in [2.75, 3.05) is 11.9 Å². The molecule has 4 heteroatoms. The lowest BCUT2D eigenvalue weighted by atomic mass is 10.0. The summed E-state index contributed by atoms with van der Waals surface area (Å²) >= 11 is 3.71. The number of aromatic nitrogens is 2. The molecule has 0 aliphatic carbocycles. The Kier molecular flexibility index (Phi) is 4.86. The van der Waals surface area contributed by atoms with Crippen LogP contribution in [0.4, 0.5) is 5.82 Å². The number of halogens is 1. The first-order valence-electron chi connectivity index (χ1n) is 9.36. The lowest BCUT2D eigenvalue weighted by Gasteiger charge is -2.15. The van der Waals surface area contributed by atoms with Crippen LogP contribution in [0.25, 0.3) is 16.9 Å². The van der Waals surface area contributed by atoms with Crippen LogP contribution in [-0.2, 0) is 6.42 Å². The topological polar surface area (TPSA) is 29.9 Å². The van der Waals surface area contributed by atoms with E-state index in [2.05, 4.69) is 88.3 Å². The van der Waals surface area contributed by atoms with E-state index in [-0.39, 0.29) is 0 Å². The molecule has 3 aromatic rings. The zero-order valence-corrected chi connectivity index (χ0v) is 16.9. The van der Waals surface area contributed by atoms with E-state index in [1.165, 1.54) is 29.7 Å². The standard InChI is InChI=1S/C22H24BrN3/c1-15(2)16-9-4-6-13-20(16)26-22-18(11-7-8-14-24-22)21(25-26)17-10-3-5-12-19(17)23/h3-6,9-10,12-13,15,24H,7-8,11,14H2,1-2H3. The van der Waals surface area contributed by atoms with E-state index in [1.807, 2.05) is 0 Å². The summed E-state index contributed by atoms with van der Waals surface area (Å²) in [5, 5.41) is 8.76. The minimum Gasteiger partial charge on any atom is -0.370 e. The predicted molar refractivity (Wildman–Crippen MR) is 112 cm³/mol. The third kappa shape index (κ3) is 3.07. The van der Waals surface area contributed by atoms with Gasteiger partial charge in [-0.1, -0.05) is 66.2 Å². The van der Waals surface area contributed by atoms with Crippen LogP contribution in [0, 0.1) is 0 Å². The van der Waals surface area contributed by atoms with Crippen molar-refractivity contribution in [1.82, 2.24) is 9.78 Å². The number of fused-ring (bicyclic) bond motifs is 1. The van der Waals surface area contributed by atoms with Crippen molar-refractivity contribution in [3.05, 3.63) is 64.1 Å². The van der Waals surface area contributed by atoms with Crippen LogP contribution in [0.5, 0.6) is 0 Å². The molecule has 4 rings (SSSR count). The average molecular weight is 410 g/mol. The molecule has 2 heterocycles. The third-order valence-electron chi connectivity index (χ3n) is 5.05. The van der Waals surface area contributed by atoms with Gasteiger partial charge in [0.25, 0.3) is 0 Å². The third-order valence-corrected chi connectivity index (χ3v) is 5.74. The van der Waals surface area contributed by atoms with Gasteiger partial charge in [0.05, 0.1) is 11.4 Å². The number of anilines is 1. The van der Waals surface area contributed by atoms with E-state index in [0.29, 0.717) is 5.92 Å². The van der Waals surface area contributed by atoms with Gasteiger partial charge in [0, 0.05) is 22.1 Å². The SMILES string of the molecule is CC(C)c1ccccc1-n1nc(-c2ccccc2Br)c2c1NCCCC2. The maximum Gasteiger partial charge on any atom is 0.133 e. The van der Waals surface area contributed by atoms with Crippen LogP contribution in [0.1, 0.15) is 43.7 Å². The summed E-state index contributed by atoms with van der Waals surface area (Å²) in [6.45, 7) is 5.48. The van der Waals surface area contributed by atoms with Gasteiger partial charge in [-0.25, -0.2) is 4.68 Å². The Hall–Kier alpha value is -2.07. The fraction of sp³-hybridized carbons (Fsp3) is 0.318. The molecule has 0 bridgehead atoms. The van der Waals surface area contributed by atoms with Gasteiger partial charge in [-0.15, -0.1) is 0 Å². The number of hydrogen-bond acceptors (Lipinski definition) is 2. The van der Waals surface area contributed by atoms with Crippen molar-refractivity contribution in [3.8, 4) is 16.9 Å². The minimum absolute atomic E-state index is 0.448. The van der Waals surface area contributed by atoms with Crippen molar-refractivity contribution >= 4 is 21.7 Å². The fourth-order valence-corrected chi connectivity index (χ4v) is 4.19. The van der Waals surface area contributed by atoms with Gasteiger partial charge >= 0.3 is 0 Å². The minimum atomic E-state index is 0.448. The second kappa shape index (κ2) is 7.28. The van der Waals surface area contributed by atoms with Crippen LogP contribution in [0.3, 0.4) is 0 Å². The molecule has 134 valence electrons. The molecule has 3 nitrogen and oxygen atoms in total. The first-order chi connectivity index (χ1) is 12.7. The van der Waals surface area contributed by atoms with Crippen molar-refractivity contribution < 1.29 is 0 Å². The van der Waals surface area contributed by atoms with Crippen molar-refractivity contribution in [1.29, 1.82) is 0 Å². The maximum absolute atomic E-state index is 5.10. The molecule has 1 aromatic heterocycles. The van der Waals surface area contributed by atoms with Crippen molar-refractivity contribution in [2.24, 2.45) is 0 Å². The molecule has 0 radical (unpaired) electrons. The number of nitrogens with one attached hydrogen (secondary N) is 1. The Labute approximate surface area is 163 Å². The van der Waals surface area contributed by atoms with Gasteiger partial charge in [-0.2, -0.15) is 5.10 Å². The molecule has 1 N–H and O–H groups in total. The summed E-state index contributed by atoms with van der Waals surface area (Å²) in [6, 6.07) is 17.0. The number of nitrogens with zero attached hydrogens (tertiary/aromatic N) is 2. The zero-order valence-electron chi connectivity index (χ0n) is 15.3. The molecule has 2 aromatic carbocycles. The maximum atomic E-state index is 5.10. The molecular weight excluding hydrogens is 386 g/mol. The van der Waals surface area contributed by atoms with Crippen LogP contribution in [0.2, 0.25) is 0 Å². The lowest BCUT2D eigenvalue weighted by molar-refractivity contribution is 0.776. The van der Waals surface area contributed by atoms with Crippen LogP contribution < -0.4 is 5.32 Å². The molecule has 26 heavy (non-hydrogen) atoms. The van der Waals surface area contributed by atoms with Gasteiger partial charge in [0.1, 0.15) is 5.82 Å². The Balaban J connectivity index is 1.96. The van der Waals surface area contributed by atoms with Crippen LogP contribution >= 0.6 is 15.9 Å². The second-order valence-electron chi connectivity index (χ2n) is 7.16. The molecular formula is C22H24BrN3. The molecule has 0 amide bonds. The Bertz CT molecular complexity index is 927. The summed E-state index contributed by atoms with van der Waals surface area (Å²) in [6.07, 6.45) is 3.44. The predicted octanol–water partition coefficient (Wildman–Crippen LogP) is 6.17. The monoisotopic (exact) mass is 409 g/mol. The van der Waals surface area contributed by atoms with Gasteiger partial charge < -0.3 is 5.32 Å². The van der Waals surface area contributed by atoms with E-state index >= 15 is 0 Å². The number of para-hydroxylation sites is 1. The van der Waals surface area contributed by atoms with E-state index < -0.39 is 0 Å². The highest BCUT2D eigenvalue weighted by Gasteiger charge is 2.23. The first kappa shape index (κ1) is 17.3. The fourth-order valence-electron chi connectivity index (χ4n) is 3.71. The van der Waals surface area contributed by atoms with Crippen molar-refractivity contribution in [2.45, 2.75) is 39.0 Å². The highest BCUT2D eigenvalue weighted by molar-refractivity contribution is 9.10. The highest BCUT2D eigenvalue weighted by Crippen LogP contribution is 2.38. The summed E-state index contributed by atoms with van der Waals surface area (Å²) in [5.74, 6) is 1.60. The average Bonchev–Trinajstić information content (AvgIpc) is 2.83. The number of hydrogen-bond donors (Lipinski definition) is 1. The molecule has 0 fully saturated rings. The van der Waals surface area contributed by atoms with Crippen LogP contribution in [-0.4, -0.2) is 16.3 Å². The zero-order chi connectivity index (χ0) is 18.1. The molecule has 0 atom stereocenters. The summed E-state index contributed by atoms with van der Waals surface area (Å²) < 4.78 is 3.22. The van der Waals surface area contributed by atoms with E-state index in [4.69, 9.17) is 5.10 Å². The molecule has 0 spiro atoms. The van der Waals surface area contributed by atoms with Crippen molar-refractivity contribution in [3.63, 3.8) is 0 Å². The largest absolute Gasteiger partial charge is 0.370 e. The Morgan fingerprint density at radius 1 is 1.04 bits per heavy atom. The highest BCUT2D eigenvalue weighted by atomic mass is 79.9. The number of rotatable bonds is 3. The van der Waals surface area contributed by atoms with E-state index in [9.17, 15) is 0 Å². The summed E-state index contributed by atoms with van der Waals surface area (Å²) in [4.78, 5) is 0. The van der Waals surface area contributed by atoms with Gasteiger partial charge in [0.15, 0.2) is 0 Å². The molecule has 0 saturated carbocycles. The lowest BCUT2D eigenvalue weighted by Crippen LogP contribution is -2.09. The van der Waals surface area contributed by atoms with Gasteiger partial charge in [-0.3, -0.25) is 0 Å². The molecule has 1 aliphatic heterocycles. The number of benzene rings is 2. The Morgan fingerprint density at radius 3 is 2.62 bits per heavy atom. The van der Waals surface area contributed by atoms with E-state index in [1.54, 1.807) is 0 Å². The Morgan fingerprint density at radius 2 is 1.81 bits per heavy atom. The van der Waals surface area contributed by atoms with Gasteiger partial charge in [-0.05, 0) is 42.9 Å². The van der Waals surface area contributed by atoms with E-state index in [0.717, 1.165) is 34.5 Å². The van der Waals surface area contributed by atoms with Crippen LogP contribution in [0.15, 0.2) is 53.0 Å². The summed E-state index contributed by atoms with van der Waals surface area (Å²) in [7, 11) is 0. The molecule has 0 unspecified atom stereocenters. The first-order valence-corrected chi connectivity index (χ1v) is 10.2. The summed E-state index contributed by atoms with van der Waals surface area (Å²) in [5.41, 5.74) is 6.07. The smallest absolute Gasteiger partial charge is 0.133 e. The normalized spacial score (nSPS) is 14.0. The van der Waals surface area contributed by atoms with Gasteiger partial charge in [0.2, 0.25) is 0 Å².